The van der Waals surface area contributed by atoms with Crippen LogP contribution in [0.5, 0.6) is 5.75 Å². The van der Waals surface area contributed by atoms with Crippen LogP contribution in [-0.4, -0.2) is 42.0 Å². The number of nitrogens with zero attached hydrogens (tertiary/aromatic N) is 1. The van der Waals surface area contributed by atoms with E-state index in [1.807, 2.05) is 49.4 Å². The second-order valence-electron chi connectivity index (χ2n) is 6.96. The number of anilines is 1. The molecule has 1 aromatic heterocycles. The number of likely N-dealkylation sites (N-methyl/N-ethyl adjacent to an activating group) is 1. The molecule has 0 saturated carbocycles. The Morgan fingerprint density at radius 3 is 2.46 bits per heavy atom. The van der Waals surface area contributed by atoms with E-state index in [1.54, 1.807) is 0 Å². The van der Waals surface area contributed by atoms with E-state index in [2.05, 4.69) is 36.0 Å². The minimum atomic E-state index is -0.123. The van der Waals surface area contributed by atoms with Crippen LogP contribution in [0.4, 0.5) is 5.69 Å². The number of H-pyrrole nitrogens is 1. The molecule has 1 amide bonds. The molecule has 0 fully saturated rings. The predicted octanol–water partition coefficient (Wildman–Crippen LogP) is 4.76. The largest absolute Gasteiger partial charge is 0.492 e. The third kappa shape index (κ3) is 4.37. The normalized spacial score (nSPS) is 11.2. The zero-order valence-electron chi connectivity index (χ0n) is 17.1. The Morgan fingerprint density at radius 2 is 1.79 bits per heavy atom. The Bertz CT molecular complexity index is 940. The van der Waals surface area contributed by atoms with Gasteiger partial charge >= 0.3 is 0 Å². The molecule has 5 heteroatoms. The average molecular weight is 380 g/mol. The molecule has 0 aliphatic rings. The maximum atomic E-state index is 12.8. The van der Waals surface area contributed by atoms with Gasteiger partial charge in [0.15, 0.2) is 0 Å². The molecule has 3 rings (SSSR count). The molecule has 1 heterocycles. The summed E-state index contributed by atoms with van der Waals surface area (Å²) in [6, 6.07) is 13.3. The molecule has 28 heavy (non-hydrogen) atoms. The number of ether oxygens (including phenoxy) is 1. The second-order valence-corrected chi connectivity index (χ2v) is 6.96. The van der Waals surface area contributed by atoms with Crippen LogP contribution >= 0.6 is 0 Å². The fourth-order valence-corrected chi connectivity index (χ4v) is 3.34. The standard InChI is InChI=1S/C23H29N3O2/c1-5-26(6-2)14-15-28-19-12-10-18(11-13-19)25-23(27)21-9-7-8-20-16(3)17(4)24-22(20)21/h7-13,24H,5-6,14-15H2,1-4H3,(H,25,27). The zero-order valence-corrected chi connectivity index (χ0v) is 17.1. The lowest BCUT2D eigenvalue weighted by atomic mass is 10.1. The number of hydrogen-bond acceptors (Lipinski definition) is 3. The predicted molar refractivity (Wildman–Crippen MR) is 115 cm³/mol. The van der Waals surface area contributed by atoms with Gasteiger partial charge in [-0.1, -0.05) is 26.0 Å². The molecule has 0 atom stereocenters. The first-order chi connectivity index (χ1) is 13.5. The minimum absolute atomic E-state index is 0.123. The van der Waals surface area contributed by atoms with Crippen molar-refractivity contribution in [2.75, 3.05) is 31.6 Å². The second kappa shape index (κ2) is 8.93. The Labute approximate surface area is 166 Å². The molecule has 0 radical (unpaired) electrons. The Morgan fingerprint density at radius 1 is 1.07 bits per heavy atom. The van der Waals surface area contributed by atoms with Gasteiger partial charge in [0, 0.05) is 23.3 Å². The molecule has 3 aromatic rings. The SMILES string of the molecule is CCN(CC)CCOc1ccc(NC(=O)c2cccc3c(C)c(C)[nH]c23)cc1. The van der Waals surface area contributed by atoms with Crippen molar-refractivity contribution in [2.45, 2.75) is 27.7 Å². The third-order valence-corrected chi connectivity index (χ3v) is 5.27. The van der Waals surface area contributed by atoms with Crippen LogP contribution in [0.3, 0.4) is 0 Å². The van der Waals surface area contributed by atoms with E-state index >= 15 is 0 Å². The maximum absolute atomic E-state index is 12.8. The highest BCUT2D eigenvalue weighted by atomic mass is 16.5. The molecule has 0 aliphatic carbocycles. The van der Waals surface area contributed by atoms with E-state index in [0.29, 0.717) is 12.2 Å². The quantitative estimate of drug-likeness (QED) is 0.593. The summed E-state index contributed by atoms with van der Waals surface area (Å²) in [4.78, 5) is 18.4. The molecular weight excluding hydrogens is 350 g/mol. The van der Waals surface area contributed by atoms with Gasteiger partial charge in [-0.25, -0.2) is 0 Å². The molecule has 5 nitrogen and oxygen atoms in total. The van der Waals surface area contributed by atoms with E-state index in [1.165, 1.54) is 5.56 Å². The number of benzene rings is 2. The van der Waals surface area contributed by atoms with Gasteiger partial charge in [-0.3, -0.25) is 4.79 Å². The van der Waals surface area contributed by atoms with Crippen molar-refractivity contribution >= 4 is 22.5 Å². The number of para-hydroxylation sites is 1. The van der Waals surface area contributed by atoms with Gasteiger partial charge in [0.25, 0.3) is 5.91 Å². The fourth-order valence-electron chi connectivity index (χ4n) is 3.34. The summed E-state index contributed by atoms with van der Waals surface area (Å²) in [5.74, 6) is 0.685. The number of aromatic nitrogens is 1. The van der Waals surface area contributed by atoms with Crippen LogP contribution in [0.2, 0.25) is 0 Å². The number of carbonyl (C=O) groups is 1. The van der Waals surface area contributed by atoms with Gasteiger partial charge in [0.05, 0.1) is 11.1 Å². The number of fused-ring (bicyclic) bond motifs is 1. The fraction of sp³-hybridized carbons (Fsp3) is 0.348. The summed E-state index contributed by atoms with van der Waals surface area (Å²) in [5, 5.41) is 4.06. The molecule has 0 bridgehead atoms. The van der Waals surface area contributed by atoms with E-state index in [4.69, 9.17) is 4.74 Å². The van der Waals surface area contributed by atoms with Crippen molar-refractivity contribution < 1.29 is 9.53 Å². The van der Waals surface area contributed by atoms with Crippen LogP contribution in [0.15, 0.2) is 42.5 Å². The van der Waals surface area contributed by atoms with Crippen LogP contribution in [0, 0.1) is 13.8 Å². The highest BCUT2D eigenvalue weighted by molar-refractivity contribution is 6.12. The highest BCUT2D eigenvalue weighted by Crippen LogP contribution is 2.25. The first kappa shape index (κ1) is 20.0. The smallest absolute Gasteiger partial charge is 0.257 e. The third-order valence-electron chi connectivity index (χ3n) is 5.27. The molecular formula is C23H29N3O2. The van der Waals surface area contributed by atoms with Crippen LogP contribution in [-0.2, 0) is 0 Å². The van der Waals surface area contributed by atoms with Crippen molar-refractivity contribution in [1.29, 1.82) is 0 Å². The number of aryl methyl sites for hydroxylation is 2. The van der Waals surface area contributed by atoms with E-state index in [9.17, 15) is 4.79 Å². The average Bonchev–Trinajstić information content (AvgIpc) is 3.00. The number of hydrogen-bond donors (Lipinski definition) is 2. The van der Waals surface area contributed by atoms with Gasteiger partial charge < -0.3 is 19.9 Å². The molecule has 0 aliphatic heterocycles. The van der Waals surface area contributed by atoms with Crippen LogP contribution in [0.25, 0.3) is 10.9 Å². The minimum Gasteiger partial charge on any atom is -0.492 e. The molecule has 0 unspecified atom stereocenters. The summed E-state index contributed by atoms with van der Waals surface area (Å²) in [6.07, 6.45) is 0. The van der Waals surface area contributed by atoms with E-state index in [0.717, 1.165) is 47.7 Å². The molecule has 2 aromatic carbocycles. The first-order valence-electron chi connectivity index (χ1n) is 9.88. The number of rotatable bonds is 8. The Hall–Kier alpha value is -2.79. The van der Waals surface area contributed by atoms with E-state index in [-0.39, 0.29) is 5.91 Å². The van der Waals surface area contributed by atoms with Gasteiger partial charge in [-0.15, -0.1) is 0 Å². The van der Waals surface area contributed by atoms with Gasteiger partial charge in [-0.05, 0) is 62.8 Å². The van der Waals surface area contributed by atoms with Crippen molar-refractivity contribution in [1.82, 2.24) is 9.88 Å². The molecule has 0 saturated heterocycles. The topological polar surface area (TPSA) is 57.4 Å². The monoisotopic (exact) mass is 379 g/mol. The summed E-state index contributed by atoms with van der Waals surface area (Å²) < 4.78 is 5.80. The summed E-state index contributed by atoms with van der Waals surface area (Å²) >= 11 is 0. The van der Waals surface area contributed by atoms with Crippen molar-refractivity contribution in [2.24, 2.45) is 0 Å². The molecule has 148 valence electrons. The summed E-state index contributed by atoms with van der Waals surface area (Å²) in [7, 11) is 0. The number of nitrogens with one attached hydrogen (secondary N) is 2. The highest BCUT2D eigenvalue weighted by Gasteiger charge is 2.14. The van der Waals surface area contributed by atoms with Crippen LogP contribution in [0.1, 0.15) is 35.5 Å². The van der Waals surface area contributed by atoms with Crippen molar-refractivity contribution in [3.63, 3.8) is 0 Å². The maximum Gasteiger partial charge on any atom is 0.257 e. The lowest BCUT2D eigenvalue weighted by Gasteiger charge is -2.18. The lowest BCUT2D eigenvalue weighted by Crippen LogP contribution is -2.27. The number of carbonyl (C=O) groups excluding carboxylic acids is 1. The lowest BCUT2D eigenvalue weighted by molar-refractivity contribution is 0.102. The van der Waals surface area contributed by atoms with Crippen molar-refractivity contribution in [3.05, 3.63) is 59.3 Å². The van der Waals surface area contributed by atoms with Crippen LogP contribution < -0.4 is 10.1 Å². The molecule has 2 N–H and O–H groups in total. The Kier molecular flexibility index (Phi) is 6.37. The molecule has 0 spiro atoms. The first-order valence-corrected chi connectivity index (χ1v) is 9.88. The Balaban J connectivity index is 1.64. The van der Waals surface area contributed by atoms with Gasteiger partial charge in [-0.2, -0.15) is 0 Å². The zero-order chi connectivity index (χ0) is 20.1. The number of aromatic amines is 1. The van der Waals surface area contributed by atoms with Gasteiger partial charge in [0.1, 0.15) is 12.4 Å². The van der Waals surface area contributed by atoms with Gasteiger partial charge in [0.2, 0.25) is 0 Å². The summed E-state index contributed by atoms with van der Waals surface area (Å²) in [6.45, 7) is 12.0. The summed E-state index contributed by atoms with van der Waals surface area (Å²) in [5.41, 5.74) is 4.54. The van der Waals surface area contributed by atoms with Crippen molar-refractivity contribution in [3.8, 4) is 5.75 Å². The number of amides is 1. The van der Waals surface area contributed by atoms with E-state index < -0.39 is 0 Å².